The third kappa shape index (κ3) is 12.3. The molecule has 0 saturated heterocycles. The van der Waals surface area contributed by atoms with Gasteiger partial charge in [-0.25, -0.2) is 4.21 Å². The monoisotopic (exact) mass is 163 g/mol. The summed E-state index contributed by atoms with van der Waals surface area (Å²) < 4.78 is 23.1. The molecule has 0 aromatic rings. The Hall–Kier alpha value is 1.03. The van der Waals surface area contributed by atoms with E-state index in [9.17, 15) is 8.76 Å². The number of aliphatic hydroxyl groups excluding tert-OH is 1. The van der Waals surface area contributed by atoms with Crippen LogP contribution in [0, 0.1) is 0 Å². The third-order valence-corrected chi connectivity index (χ3v) is 0.734. The Morgan fingerprint density at radius 2 is 2.44 bits per heavy atom. The van der Waals surface area contributed by atoms with Crippen molar-refractivity contribution >= 4 is 11.4 Å². The Kier molecular flexibility index (Phi) is 10.1. The largest absolute Gasteiger partial charge is 1.00 e. The van der Waals surface area contributed by atoms with Gasteiger partial charge in [0.1, 0.15) is 0 Å². The van der Waals surface area contributed by atoms with E-state index in [-0.39, 0.29) is 37.6 Å². The first-order valence-electron chi connectivity index (χ1n) is 2.03. The summed E-state index contributed by atoms with van der Waals surface area (Å²) >= 11 is -2.50. The molecule has 0 aliphatic carbocycles. The van der Waals surface area contributed by atoms with Crippen molar-refractivity contribution in [1.29, 1.82) is 0 Å². The molecule has 0 aliphatic rings. The molecule has 0 radical (unpaired) electrons. The van der Waals surface area contributed by atoms with Crippen LogP contribution in [-0.2, 0) is 15.5 Å². The molecule has 0 rings (SSSR count). The van der Waals surface area contributed by atoms with E-state index in [1.54, 1.807) is 0 Å². The van der Waals surface area contributed by atoms with Crippen LogP contribution in [0.3, 0.4) is 0 Å². The van der Waals surface area contributed by atoms with Crippen LogP contribution >= 0.6 is 0 Å². The average Bonchev–Trinajstić information content (AvgIpc) is 1.61. The maximum atomic E-state index is 9.57. The Morgan fingerprint density at radius 3 is 2.56 bits per heavy atom. The van der Waals surface area contributed by atoms with E-state index >= 15 is 0 Å². The molecule has 52 valence electrons. The fraction of sp³-hybridized carbons (Fsp3) is 1.00. The van der Waals surface area contributed by atoms with Gasteiger partial charge in [0.25, 0.3) is 0 Å². The van der Waals surface area contributed by atoms with Crippen LogP contribution in [0.4, 0.5) is 0 Å². The third-order valence-electron chi connectivity index (χ3n) is 0.405. The number of hydrogen-bond acceptors (Lipinski definition) is 4. The van der Waals surface area contributed by atoms with Gasteiger partial charge in [0.05, 0.1) is 24.1 Å². The maximum absolute atomic E-state index is 9.57. The van der Waals surface area contributed by atoms with Crippen molar-refractivity contribution in [2.75, 3.05) is 6.61 Å². The first-order valence-corrected chi connectivity index (χ1v) is 3.03. The molecule has 0 aliphatic heterocycles. The second-order valence-corrected chi connectivity index (χ2v) is 1.98. The quantitative estimate of drug-likeness (QED) is 0.343. The average molecular weight is 163 g/mol. The van der Waals surface area contributed by atoms with Gasteiger partial charge in [0, 0.05) is 0 Å². The summed E-state index contributed by atoms with van der Waals surface area (Å²) in [5, 5.41) is 8.40. The molecular weight excluding hydrogens is 155 g/mol. The Bertz CT molecular complexity index is 90.6. The molecule has 0 fully saturated rings. The Labute approximate surface area is 79.9 Å². The minimum absolute atomic E-state index is 0. The van der Waals surface area contributed by atoms with Crippen LogP contribution in [0.1, 0.15) is 8.35 Å². The Balaban J connectivity index is -0.000000245. The van der Waals surface area contributed by atoms with Crippen molar-refractivity contribution in [2.24, 2.45) is 0 Å². The normalized spacial score (nSPS) is 15.9. The summed E-state index contributed by atoms with van der Waals surface area (Å²) in [6.45, 7) is 1.27. The van der Waals surface area contributed by atoms with E-state index in [1.807, 2.05) is 0 Å². The van der Waals surface area contributed by atoms with Crippen molar-refractivity contribution in [3.05, 3.63) is 0 Å². The standard InChI is InChI=1S/C3H8O4S.Na.H/c1-3(4)2-7-8(5)6;;/h3-4H,2H2,1H3,(H,5,6);;/q;+1;-1/p-1. The molecule has 9 heavy (non-hydrogen) atoms. The molecule has 4 nitrogen and oxygen atoms in total. The van der Waals surface area contributed by atoms with Crippen molar-refractivity contribution in [3.8, 4) is 0 Å². The molecule has 0 saturated carbocycles. The van der Waals surface area contributed by atoms with Gasteiger partial charge in [0.2, 0.25) is 0 Å². The van der Waals surface area contributed by atoms with E-state index in [1.165, 1.54) is 6.92 Å². The molecule has 2 atom stereocenters. The first kappa shape index (κ1) is 12.7. The van der Waals surface area contributed by atoms with Crippen molar-refractivity contribution in [1.82, 2.24) is 0 Å². The van der Waals surface area contributed by atoms with Crippen LogP contribution in [0.2, 0.25) is 0 Å². The topological polar surface area (TPSA) is 69.6 Å². The predicted molar refractivity (Wildman–Crippen MR) is 27.7 cm³/mol. The van der Waals surface area contributed by atoms with Gasteiger partial charge in [-0.15, -0.1) is 0 Å². The molecule has 0 spiro atoms. The summed E-state index contributed by atoms with van der Waals surface area (Å²) in [5.74, 6) is 0. The molecule has 2 unspecified atom stereocenters. The molecular formula is C3H8NaO4S-. The van der Waals surface area contributed by atoms with Gasteiger partial charge in [-0.2, -0.15) is 0 Å². The summed E-state index contributed by atoms with van der Waals surface area (Å²) in [5.41, 5.74) is 0. The molecule has 0 aromatic carbocycles. The fourth-order valence-electron chi connectivity index (χ4n) is 0.154. The van der Waals surface area contributed by atoms with Gasteiger partial charge in [0.15, 0.2) is 0 Å². The van der Waals surface area contributed by atoms with E-state index in [4.69, 9.17) is 5.11 Å². The number of aliphatic hydroxyl groups is 1. The summed E-state index contributed by atoms with van der Waals surface area (Å²) in [6.07, 6.45) is -0.729. The second-order valence-electron chi connectivity index (χ2n) is 1.34. The first-order chi connectivity index (χ1) is 3.63. The molecule has 6 heteroatoms. The smallest absolute Gasteiger partial charge is 1.00 e. The van der Waals surface area contributed by atoms with E-state index in [0.29, 0.717) is 0 Å². The van der Waals surface area contributed by atoms with Crippen LogP contribution < -0.4 is 29.6 Å². The molecule has 0 bridgehead atoms. The summed E-state index contributed by atoms with van der Waals surface area (Å²) in [6, 6.07) is 0. The van der Waals surface area contributed by atoms with Gasteiger partial charge in [-0.1, -0.05) is 0 Å². The van der Waals surface area contributed by atoms with Crippen molar-refractivity contribution in [2.45, 2.75) is 13.0 Å². The predicted octanol–water partition coefficient (Wildman–Crippen LogP) is -3.71. The van der Waals surface area contributed by atoms with Crippen LogP contribution in [0.25, 0.3) is 0 Å². The summed E-state index contributed by atoms with van der Waals surface area (Å²) in [7, 11) is 0. The van der Waals surface area contributed by atoms with Crippen molar-refractivity contribution in [3.63, 3.8) is 0 Å². The Morgan fingerprint density at radius 1 is 2.00 bits per heavy atom. The minimum Gasteiger partial charge on any atom is -1.00 e. The zero-order chi connectivity index (χ0) is 6.57. The molecule has 0 heterocycles. The minimum atomic E-state index is -2.50. The molecule has 1 N–H and O–H groups in total. The number of rotatable bonds is 3. The van der Waals surface area contributed by atoms with Crippen LogP contribution in [-0.4, -0.2) is 26.6 Å². The number of hydrogen-bond donors (Lipinski definition) is 1. The zero-order valence-electron chi connectivity index (χ0n) is 6.36. The fourth-order valence-corrected chi connectivity index (χ4v) is 0.462. The van der Waals surface area contributed by atoms with Gasteiger partial charge < -0.3 is 11.1 Å². The van der Waals surface area contributed by atoms with Gasteiger partial charge >= 0.3 is 29.6 Å². The van der Waals surface area contributed by atoms with Gasteiger partial charge in [-0.3, -0.25) is 4.18 Å². The van der Waals surface area contributed by atoms with Crippen LogP contribution in [0.15, 0.2) is 0 Å². The summed E-state index contributed by atoms with van der Waals surface area (Å²) in [4.78, 5) is 0. The molecule has 0 amide bonds. The SMILES string of the molecule is CC(O)COS(=O)[O-].[H-].[Na+]. The molecule has 0 aromatic heterocycles. The maximum Gasteiger partial charge on any atom is 1.00 e. The van der Waals surface area contributed by atoms with Gasteiger partial charge in [-0.05, 0) is 6.92 Å². The van der Waals surface area contributed by atoms with Crippen molar-refractivity contribution < 1.29 is 49.0 Å². The van der Waals surface area contributed by atoms with E-state index in [0.717, 1.165) is 0 Å². The second kappa shape index (κ2) is 7.14. The zero-order valence-corrected chi connectivity index (χ0v) is 8.18. The van der Waals surface area contributed by atoms with E-state index < -0.39 is 17.5 Å². The van der Waals surface area contributed by atoms with Crippen LogP contribution in [0.5, 0.6) is 0 Å². The van der Waals surface area contributed by atoms with E-state index in [2.05, 4.69) is 4.18 Å².